The minimum absolute atomic E-state index is 0. The summed E-state index contributed by atoms with van der Waals surface area (Å²) in [5.41, 5.74) is 1.45. The van der Waals surface area contributed by atoms with E-state index in [1.807, 2.05) is 24.3 Å². The van der Waals surface area contributed by atoms with E-state index in [9.17, 15) is 9.59 Å². The Morgan fingerprint density at radius 3 is 2.33 bits per heavy atom. The smallest absolute Gasteiger partial charge is 0.238 e. The predicted octanol–water partition coefficient (Wildman–Crippen LogP) is 2.89. The van der Waals surface area contributed by atoms with E-state index in [2.05, 4.69) is 20.9 Å². The van der Waals surface area contributed by atoms with E-state index in [1.165, 1.54) is 25.7 Å². The molecular formula is C19H30Cl2N4O2. The van der Waals surface area contributed by atoms with Crippen molar-refractivity contribution in [2.75, 3.05) is 43.4 Å². The van der Waals surface area contributed by atoms with Crippen LogP contribution in [0.15, 0.2) is 24.3 Å². The highest BCUT2D eigenvalue weighted by molar-refractivity contribution is 5.95. The number of likely N-dealkylation sites (tertiary alicyclic amines) is 1. The molecule has 0 aromatic heterocycles. The van der Waals surface area contributed by atoms with E-state index in [4.69, 9.17) is 0 Å². The second-order valence-electron chi connectivity index (χ2n) is 7.00. The Morgan fingerprint density at radius 2 is 1.70 bits per heavy atom. The van der Waals surface area contributed by atoms with Gasteiger partial charge in [0.25, 0.3) is 0 Å². The molecule has 8 heteroatoms. The predicted molar refractivity (Wildman–Crippen MR) is 114 cm³/mol. The fourth-order valence-electron chi connectivity index (χ4n) is 3.50. The summed E-state index contributed by atoms with van der Waals surface area (Å²) in [7, 11) is 0. The molecule has 1 unspecified atom stereocenters. The first-order valence-electron chi connectivity index (χ1n) is 9.34. The first-order valence-corrected chi connectivity index (χ1v) is 9.34. The van der Waals surface area contributed by atoms with Crippen LogP contribution in [0.1, 0.15) is 32.1 Å². The van der Waals surface area contributed by atoms with Crippen molar-refractivity contribution in [1.82, 2.24) is 10.2 Å². The van der Waals surface area contributed by atoms with Crippen LogP contribution in [0.4, 0.5) is 11.4 Å². The van der Waals surface area contributed by atoms with Crippen molar-refractivity contribution in [2.45, 2.75) is 32.1 Å². The Balaban J connectivity index is 0.00000182. The number of hydrogen-bond acceptors (Lipinski definition) is 4. The lowest BCUT2D eigenvalue weighted by Crippen LogP contribution is -2.33. The zero-order valence-corrected chi connectivity index (χ0v) is 17.2. The van der Waals surface area contributed by atoms with Crippen LogP contribution in [0.3, 0.4) is 0 Å². The molecule has 3 rings (SSSR count). The third-order valence-electron chi connectivity index (χ3n) is 4.91. The van der Waals surface area contributed by atoms with Crippen LogP contribution in [0.2, 0.25) is 0 Å². The summed E-state index contributed by atoms with van der Waals surface area (Å²) in [6.45, 7) is 4.06. The Hall–Kier alpha value is -1.34. The van der Waals surface area contributed by atoms with E-state index in [-0.39, 0.29) is 42.5 Å². The van der Waals surface area contributed by atoms with E-state index in [0.717, 1.165) is 44.0 Å². The van der Waals surface area contributed by atoms with Crippen LogP contribution in [0, 0.1) is 5.92 Å². The van der Waals surface area contributed by atoms with Crippen LogP contribution in [-0.4, -0.2) is 49.4 Å². The van der Waals surface area contributed by atoms with E-state index in [0.29, 0.717) is 6.54 Å². The molecule has 3 N–H and O–H groups in total. The van der Waals surface area contributed by atoms with Crippen molar-refractivity contribution in [3.05, 3.63) is 24.3 Å². The molecule has 2 aliphatic heterocycles. The number of benzene rings is 1. The molecule has 1 atom stereocenters. The van der Waals surface area contributed by atoms with Crippen LogP contribution in [-0.2, 0) is 9.59 Å². The van der Waals surface area contributed by atoms with Crippen LogP contribution >= 0.6 is 24.8 Å². The van der Waals surface area contributed by atoms with Gasteiger partial charge in [0.1, 0.15) is 0 Å². The molecule has 1 aromatic carbocycles. The highest BCUT2D eigenvalue weighted by atomic mass is 35.5. The molecule has 1 aromatic rings. The van der Waals surface area contributed by atoms with Crippen LogP contribution < -0.4 is 16.0 Å². The van der Waals surface area contributed by atoms with Crippen molar-refractivity contribution in [3.8, 4) is 0 Å². The largest absolute Gasteiger partial charge is 0.326 e. The number of nitrogens with zero attached hydrogens (tertiary/aromatic N) is 1. The first-order chi connectivity index (χ1) is 12.2. The molecule has 0 bridgehead atoms. The van der Waals surface area contributed by atoms with Crippen LogP contribution in [0.25, 0.3) is 0 Å². The molecule has 2 amide bonds. The van der Waals surface area contributed by atoms with Gasteiger partial charge >= 0.3 is 0 Å². The molecule has 0 radical (unpaired) electrons. The van der Waals surface area contributed by atoms with Gasteiger partial charge in [0, 0.05) is 17.9 Å². The maximum absolute atomic E-state index is 12.3. The first kappa shape index (κ1) is 23.7. The van der Waals surface area contributed by atoms with Crippen molar-refractivity contribution in [3.63, 3.8) is 0 Å². The Bertz CT molecular complexity index is 601. The fraction of sp³-hybridized carbons (Fsp3) is 0.579. The summed E-state index contributed by atoms with van der Waals surface area (Å²) >= 11 is 0. The fourth-order valence-corrected chi connectivity index (χ4v) is 3.50. The number of anilines is 2. The highest BCUT2D eigenvalue weighted by Crippen LogP contribution is 2.18. The van der Waals surface area contributed by atoms with Gasteiger partial charge in [-0.1, -0.05) is 18.9 Å². The summed E-state index contributed by atoms with van der Waals surface area (Å²) in [5, 5.41) is 9.09. The van der Waals surface area contributed by atoms with Crippen molar-refractivity contribution < 1.29 is 9.59 Å². The summed E-state index contributed by atoms with van der Waals surface area (Å²) in [6, 6.07) is 7.38. The maximum Gasteiger partial charge on any atom is 0.238 e. The van der Waals surface area contributed by atoms with E-state index < -0.39 is 0 Å². The molecule has 152 valence electrons. The molecule has 0 saturated carbocycles. The number of carbonyl (C=O) groups is 2. The van der Waals surface area contributed by atoms with Gasteiger partial charge in [0.05, 0.1) is 12.5 Å². The van der Waals surface area contributed by atoms with Crippen molar-refractivity contribution >= 4 is 48.0 Å². The third-order valence-corrected chi connectivity index (χ3v) is 4.91. The number of carbonyl (C=O) groups excluding carboxylic acids is 2. The van der Waals surface area contributed by atoms with Gasteiger partial charge in [-0.3, -0.25) is 14.5 Å². The van der Waals surface area contributed by atoms with E-state index >= 15 is 0 Å². The van der Waals surface area contributed by atoms with Gasteiger partial charge in [-0.2, -0.15) is 0 Å². The quantitative estimate of drug-likeness (QED) is 0.689. The lowest BCUT2D eigenvalue weighted by Gasteiger charge is -2.19. The molecule has 2 heterocycles. The Morgan fingerprint density at radius 1 is 1.04 bits per heavy atom. The second kappa shape index (κ2) is 12.2. The van der Waals surface area contributed by atoms with Crippen molar-refractivity contribution in [2.24, 2.45) is 5.92 Å². The maximum atomic E-state index is 12.3. The number of nitrogens with one attached hydrogen (secondary N) is 3. The Labute approximate surface area is 173 Å². The third kappa shape index (κ3) is 7.66. The number of rotatable bonds is 5. The lowest BCUT2D eigenvalue weighted by atomic mass is 10.1. The average molecular weight is 417 g/mol. The molecule has 2 fully saturated rings. The minimum atomic E-state index is 0. The van der Waals surface area contributed by atoms with Crippen molar-refractivity contribution in [1.29, 1.82) is 0 Å². The zero-order chi connectivity index (χ0) is 17.5. The SMILES string of the molecule is Cl.Cl.O=C(CN1CCCCCC1)Nc1cccc(NC(=O)C2CCNC2)c1. The van der Waals surface area contributed by atoms with Gasteiger partial charge < -0.3 is 16.0 Å². The monoisotopic (exact) mass is 416 g/mol. The summed E-state index contributed by atoms with van der Waals surface area (Å²) < 4.78 is 0. The Kier molecular flexibility index (Phi) is 10.7. The molecule has 0 spiro atoms. The molecule has 0 aliphatic carbocycles. The van der Waals surface area contributed by atoms with Gasteiger partial charge in [-0.25, -0.2) is 0 Å². The summed E-state index contributed by atoms with van der Waals surface area (Å²) in [5.74, 6) is 0.0738. The lowest BCUT2D eigenvalue weighted by molar-refractivity contribution is -0.119. The summed E-state index contributed by atoms with van der Waals surface area (Å²) in [6.07, 6.45) is 5.74. The second-order valence-corrected chi connectivity index (χ2v) is 7.00. The molecule has 2 aliphatic rings. The molecule has 2 saturated heterocycles. The highest BCUT2D eigenvalue weighted by Gasteiger charge is 2.22. The topological polar surface area (TPSA) is 73.5 Å². The number of halogens is 2. The molecular weight excluding hydrogens is 387 g/mol. The summed E-state index contributed by atoms with van der Waals surface area (Å²) in [4.78, 5) is 26.7. The average Bonchev–Trinajstić information content (AvgIpc) is 3.01. The van der Waals surface area contributed by atoms with Crippen LogP contribution in [0.5, 0.6) is 0 Å². The zero-order valence-electron chi connectivity index (χ0n) is 15.5. The number of amides is 2. The van der Waals surface area contributed by atoms with Gasteiger partial charge in [0.2, 0.25) is 11.8 Å². The number of hydrogen-bond donors (Lipinski definition) is 3. The normalized spacial score (nSPS) is 19.9. The van der Waals surface area contributed by atoms with E-state index in [1.54, 1.807) is 0 Å². The van der Waals surface area contributed by atoms with Gasteiger partial charge in [-0.15, -0.1) is 24.8 Å². The minimum Gasteiger partial charge on any atom is -0.326 e. The molecule has 27 heavy (non-hydrogen) atoms. The standard InChI is InChI=1S/C19H28N4O2.2ClH/c24-18(14-23-10-3-1-2-4-11-23)21-16-6-5-7-17(12-16)22-19(25)15-8-9-20-13-15;;/h5-7,12,15,20H,1-4,8-11,13-14H2,(H,21,24)(H,22,25);2*1H. The van der Waals surface area contributed by atoms with Gasteiger partial charge in [-0.05, 0) is 57.1 Å². The van der Waals surface area contributed by atoms with Gasteiger partial charge in [0.15, 0.2) is 0 Å². The molecule has 6 nitrogen and oxygen atoms in total.